The molecule has 0 aromatic heterocycles. The predicted molar refractivity (Wildman–Crippen MR) is 114 cm³/mol. The van der Waals surface area contributed by atoms with E-state index in [4.69, 9.17) is 28.1 Å². The average molecular weight is 482 g/mol. The van der Waals surface area contributed by atoms with Crippen LogP contribution in [-0.2, 0) is 17.0 Å². The number of ether oxygens (including phenoxy) is 2. The van der Waals surface area contributed by atoms with E-state index in [1.807, 2.05) is 20.8 Å². The molecule has 1 atom stereocenters. The Labute approximate surface area is 183 Å². The molecule has 2 aromatic rings. The molecule has 0 fully saturated rings. The van der Waals surface area contributed by atoms with E-state index in [9.17, 15) is 9.50 Å². The second-order valence-electron chi connectivity index (χ2n) is 6.58. The minimum atomic E-state index is -0.556. The molecule has 0 heterocycles. The SMILES string of the molecule is COc1cc(OC)c(O)c(Pc2ccc(F)cc2C=NC(C)(C)C)c1.[Cl][Ti][Cl]. The van der Waals surface area contributed by atoms with E-state index < -0.39 is 17.0 Å². The number of rotatable bonds is 5. The summed E-state index contributed by atoms with van der Waals surface area (Å²) >= 11 is -0.556. The van der Waals surface area contributed by atoms with Gasteiger partial charge in [0.25, 0.3) is 0 Å². The number of halogens is 3. The summed E-state index contributed by atoms with van der Waals surface area (Å²) < 4.78 is 24.1. The van der Waals surface area contributed by atoms with E-state index in [1.54, 1.807) is 31.5 Å². The Bertz CT molecular complexity index is 816. The number of aliphatic imine (C=N–C) groups is 1. The van der Waals surface area contributed by atoms with Crippen molar-refractivity contribution in [2.45, 2.75) is 26.3 Å². The zero-order valence-corrected chi connectivity index (χ0v) is 20.4. The molecule has 1 N–H and O–H groups in total. The number of nitrogens with zero attached hydrogens (tertiary/aromatic N) is 1. The molecule has 28 heavy (non-hydrogen) atoms. The van der Waals surface area contributed by atoms with Gasteiger partial charge in [-0.05, 0) is 44.3 Å². The normalized spacial score (nSPS) is 11.4. The molecule has 0 saturated carbocycles. The van der Waals surface area contributed by atoms with Gasteiger partial charge in [0.15, 0.2) is 11.5 Å². The molecule has 0 bridgehead atoms. The Kier molecular flexibility index (Phi) is 10.8. The third-order valence-electron chi connectivity index (χ3n) is 3.38. The van der Waals surface area contributed by atoms with Gasteiger partial charge in [0.2, 0.25) is 0 Å². The molecule has 4 nitrogen and oxygen atoms in total. The Hall–Kier alpha value is -0.836. The summed E-state index contributed by atoms with van der Waals surface area (Å²) in [7, 11) is 12.9. The van der Waals surface area contributed by atoms with Crippen LogP contribution in [0.5, 0.6) is 17.2 Å². The van der Waals surface area contributed by atoms with Gasteiger partial charge in [-0.1, -0.05) is 14.6 Å². The molecular weight excluding hydrogens is 459 g/mol. The van der Waals surface area contributed by atoms with Gasteiger partial charge in [0.05, 0.1) is 19.8 Å². The average Bonchev–Trinajstić information content (AvgIpc) is 2.63. The first-order valence-electron chi connectivity index (χ1n) is 8.18. The van der Waals surface area contributed by atoms with Crippen LogP contribution >= 0.6 is 27.2 Å². The molecule has 2 aromatic carbocycles. The third-order valence-corrected chi connectivity index (χ3v) is 4.75. The second kappa shape index (κ2) is 12.0. The van der Waals surface area contributed by atoms with Crippen LogP contribution < -0.4 is 20.1 Å². The molecule has 0 saturated heterocycles. The van der Waals surface area contributed by atoms with Gasteiger partial charge >= 0.3 is 35.6 Å². The molecule has 2 rings (SSSR count). The zero-order valence-electron chi connectivity index (χ0n) is 16.3. The van der Waals surface area contributed by atoms with Crippen LogP contribution in [0.1, 0.15) is 26.3 Å². The van der Waals surface area contributed by atoms with E-state index >= 15 is 0 Å². The first-order valence-corrected chi connectivity index (χ1v) is 13.5. The van der Waals surface area contributed by atoms with E-state index in [2.05, 4.69) is 4.99 Å². The first-order chi connectivity index (χ1) is 13.1. The van der Waals surface area contributed by atoms with Crippen molar-refractivity contribution in [3.8, 4) is 17.2 Å². The van der Waals surface area contributed by atoms with Gasteiger partial charge in [-0.3, -0.25) is 4.99 Å². The number of phenolic OH excluding ortho intramolecular Hbond substituents is 1. The summed E-state index contributed by atoms with van der Waals surface area (Å²) in [5, 5.41) is 11.9. The Morgan fingerprint density at radius 1 is 1.11 bits per heavy atom. The standard InChI is InChI=1S/C19H23FNO3P.2ClH.Ti/c1-19(2,3)21-11-12-8-13(20)6-7-16(12)25-17-10-14(23-4)9-15(24-5)18(17)22;;;/h6-11,22,25H,1-5H3;2*1H;/q;;;+2/p-2. The number of methoxy groups -OCH3 is 2. The van der Waals surface area contributed by atoms with Crippen molar-refractivity contribution in [3.05, 3.63) is 41.7 Å². The van der Waals surface area contributed by atoms with Crippen LogP contribution in [0.25, 0.3) is 0 Å². The molecule has 1 unspecified atom stereocenters. The number of phenols is 1. The van der Waals surface area contributed by atoms with Crippen LogP contribution in [0.2, 0.25) is 0 Å². The zero-order chi connectivity index (χ0) is 21.3. The summed E-state index contributed by atoms with van der Waals surface area (Å²) in [6, 6.07) is 7.95. The summed E-state index contributed by atoms with van der Waals surface area (Å²) in [5.41, 5.74) is 0.433. The van der Waals surface area contributed by atoms with Gasteiger partial charge in [0.1, 0.15) is 11.6 Å². The first kappa shape index (κ1) is 25.2. The molecule has 0 aliphatic heterocycles. The summed E-state index contributed by atoms with van der Waals surface area (Å²) in [6.07, 6.45) is 1.68. The van der Waals surface area contributed by atoms with Crippen LogP contribution in [-0.4, -0.2) is 31.1 Å². The van der Waals surface area contributed by atoms with E-state index in [1.165, 1.54) is 19.2 Å². The topological polar surface area (TPSA) is 51.0 Å². The van der Waals surface area contributed by atoms with Gasteiger partial charge < -0.3 is 14.6 Å². The van der Waals surface area contributed by atoms with Crippen molar-refractivity contribution in [2.24, 2.45) is 4.99 Å². The minimum absolute atomic E-state index is 0.0599. The molecular formula is C19H23Cl2FNO3PTi. The molecule has 0 aliphatic carbocycles. The summed E-state index contributed by atoms with van der Waals surface area (Å²) in [6.45, 7) is 5.93. The van der Waals surface area contributed by atoms with Gasteiger partial charge in [0, 0.05) is 23.1 Å². The predicted octanol–water partition coefficient (Wildman–Crippen LogP) is 4.77. The molecule has 0 amide bonds. The summed E-state index contributed by atoms with van der Waals surface area (Å²) in [4.78, 5) is 4.46. The number of benzene rings is 2. The number of hydrogen-bond donors (Lipinski definition) is 1. The Morgan fingerprint density at radius 3 is 2.29 bits per heavy atom. The van der Waals surface area contributed by atoms with Crippen LogP contribution in [0.15, 0.2) is 35.3 Å². The van der Waals surface area contributed by atoms with Crippen LogP contribution in [0, 0.1) is 5.82 Å². The van der Waals surface area contributed by atoms with Gasteiger partial charge in [-0.25, -0.2) is 4.39 Å². The molecule has 152 valence electrons. The Balaban J connectivity index is 0.00000122. The third kappa shape index (κ3) is 8.27. The van der Waals surface area contributed by atoms with Gasteiger partial charge in [-0.15, -0.1) is 0 Å². The molecule has 0 radical (unpaired) electrons. The number of aromatic hydroxyl groups is 1. The maximum absolute atomic E-state index is 13.7. The fourth-order valence-electron chi connectivity index (χ4n) is 2.11. The van der Waals surface area contributed by atoms with E-state index in [0.29, 0.717) is 22.4 Å². The van der Waals surface area contributed by atoms with Crippen LogP contribution in [0.4, 0.5) is 4.39 Å². The molecule has 9 heteroatoms. The van der Waals surface area contributed by atoms with Crippen molar-refractivity contribution in [2.75, 3.05) is 14.2 Å². The summed E-state index contributed by atoms with van der Waals surface area (Å²) in [5.74, 6) is 0.666. The monoisotopic (exact) mass is 481 g/mol. The van der Waals surface area contributed by atoms with Crippen molar-refractivity contribution in [3.63, 3.8) is 0 Å². The molecule has 0 spiro atoms. The van der Waals surface area contributed by atoms with Crippen molar-refractivity contribution in [1.82, 2.24) is 0 Å². The van der Waals surface area contributed by atoms with Crippen molar-refractivity contribution in [1.29, 1.82) is 0 Å². The van der Waals surface area contributed by atoms with Gasteiger partial charge in [-0.2, -0.15) is 0 Å². The van der Waals surface area contributed by atoms with Crippen molar-refractivity contribution >= 4 is 44.0 Å². The van der Waals surface area contributed by atoms with E-state index in [-0.39, 0.29) is 25.7 Å². The van der Waals surface area contributed by atoms with Crippen LogP contribution in [0.3, 0.4) is 0 Å². The quantitative estimate of drug-likeness (QED) is 0.380. The van der Waals surface area contributed by atoms with E-state index in [0.717, 1.165) is 5.30 Å². The van der Waals surface area contributed by atoms with Crippen molar-refractivity contribution < 1.29 is 36.0 Å². The Morgan fingerprint density at radius 2 is 1.75 bits per heavy atom. The fourth-order valence-corrected chi connectivity index (χ4v) is 3.31. The second-order valence-corrected chi connectivity index (χ2v) is 10.5. The molecule has 0 aliphatic rings. The number of hydrogen-bond acceptors (Lipinski definition) is 4. The maximum atomic E-state index is 13.7. The fraction of sp³-hybridized carbons (Fsp3) is 0.316.